The maximum atomic E-state index is 4.12. The van der Waals surface area contributed by atoms with Gasteiger partial charge in [-0.3, -0.25) is 4.98 Å². The topological polar surface area (TPSA) is 35.6 Å². The molecule has 238 valence electrons. The minimum absolute atomic E-state index is 1.11. The molecule has 6 heterocycles. The second kappa shape index (κ2) is 22.3. The van der Waals surface area contributed by atoms with Gasteiger partial charge in [-0.05, 0) is 132 Å². The summed E-state index contributed by atoms with van der Waals surface area (Å²) in [6, 6.07) is 4.12. The first-order valence-electron chi connectivity index (χ1n) is 16.6. The van der Waals surface area contributed by atoms with Crippen molar-refractivity contribution in [3.8, 4) is 0 Å². The summed E-state index contributed by atoms with van der Waals surface area (Å²) in [4.78, 5) is 20.7. The van der Waals surface area contributed by atoms with Crippen LogP contribution in [0.1, 0.15) is 51.4 Å². The van der Waals surface area contributed by atoms with Gasteiger partial charge in [0.1, 0.15) is 0 Å². The molecular weight excluding hydrogens is 508 g/mol. The first kappa shape index (κ1) is 35.9. The molecule has 0 radical (unpaired) electrons. The highest BCUT2D eigenvalue weighted by molar-refractivity contribution is 5.43. The van der Waals surface area contributed by atoms with Gasteiger partial charge in [-0.1, -0.05) is 12.8 Å². The van der Waals surface area contributed by atoms with Crippen LogP contribution in [0, 0.1) is 0 Å². The number of likely N-dealkylation sites (N-methyl/N-ethyl adjacent to an activating group) is 3. The fourth-order valence-corrected chi connectivity index (χ4v) is 5.49. The first-order valence-corrected chi connectivity index (χ1v) is 16.6. The third-order valence-corrected chi connectivity index (χ3v) is 8.73. The van der Waals surface area contributed by atoms with Crippen LogP contribution in [0.2, 0.25) is 0 Å². The molecule has 0 aromatic carbocycles. The normalized spacial score (nSPS) is 23.5. The smallest absolute Gasteiger partial charge is 0.0553 e. The van der Waals surface area contributed by atoms with E-state index in [1.54, 1.807) is 0 Å². The zero-order valence-corrected chi connectivity index (χ0v) is 27.9. The molecule has 8 nitrogen and oxygen atoms in total. The average molecular weight is 575 g/mol. The standard InChI is InChI=1S/C10H15N3.C6H14N2.2C6H13N.C5H11N/c1-12-5-7-13(8-6-12)10-3-2-4-11-9-10;1-7-3-5-8(2)6-4-7;2*1-7-5-3-2-4-6-7;1-6-4-2-3-5-6/h2-4,9H,5-8H2,1H3;3-6H2,1-2H3;2*2-6H2,1H3;2-5H2,1H3. The molecular formula is C33H66N8. The van der Waals surface area contributed by atoms with E-state index in [0.29, 0.717) is 0 Å². The predicted molar refractivity (Wildman–Crippen MR) is 178 cm³/mol. The van der Waals surface area contributed by atoms with Crippen molar-refractivity contribution in [3.05, 3.63) is 24.5 Å². The summed E-state index contributed by atoms with van der Waals surface area (Å²) in [5, 5.41) is 0. The van der Waals surface area contributed by atoms with Gasteiger partial charge in [-0.25, -0.2) is 0 Å². The summed E-state index contributed by atoms with van der Waals surface area (Å²) in [5.41, 5.74) is 1.25. The predicted octanol–water partition coefficient (Wildman–Crippen LogP) is 3.61. The highest BCUT2D eigenvalue weighted by atomic mass is 15.3. The molecule has 0 amide bonds. The molecule has 5 aliphatic heterocycles. The number of nitrogens with zero attached hydrogens (tertiary/aromatic N) is 8. The molecule has 41 heavy (non-hydrogen) atoms. The van der Waals surface area contributed by atoms with Crippen molar-refractivity contribution in [2.24, 2.45) is 0 Å². The Morgan fingerprint density at radius 1 is 0.415 bits per heavy atom. The lowest BCUT2D eigenvalue weighted by molar-refractivity contribution is 0.181. The van der Waals surface area contributed by atoms with Crippen LogP contribution in [0.25, 0.3) is 0 Å². The number of rotatable bonds is 1. The van der Waals surface area contributed by atoms with E-state index < -0.39 is 0 Å². The van der Waals surface area contributed by atoms with Gasteiger partial charge in [0, 0.05) is 58.6 Å². The van der Waals surface area contributed by atoms with Gasteiger partial charge in [-0.2, -0.15) is 0 Å². The summed E-state index contributed by atoms with van der Waals surface area (Å²) in [7, 11) is 13.1. The molecule has 1 aromatic rings. The van der Waals surface area contributed by atoms with E-state index in [1.807, 2.05) is 18.5 Å². The van der Waals surface area contributed by atoms with Gasteiger partial charge in [-0.15, -0.1) is 0 Å². The maximum absolute atomic E-state index is 4.12. The minimum atomic E-state index is 1.11. The number of piperidine rings is 2. The molecule has 1 aromatic heterocycles. The van der Waals surface area contributed by atoms with Gasteiger partial charge >= 0.3 is 0 Å². The van der Waals surface area contributed by atoms with Crippen LogP contribution >= 0.6 is 0 Å². The number of aromatic nitrogens is 1. The Kier molecular flexibility index (Phi) is 19.5. The van der Waals surface area contributed by atoms with Crippen LogP contribution in [-0.2, 0) is 0 Å². The third-order valence-electron chi connectivity index (χ3n) is 8.73. The van der Waals surface area contributed by atoms with E-state index in [-0.39, 0.29) is 0 Å². The second-order valence-corrected chi connectivity index (χ2v) is 12.8. The second-order valence-electron chi connectivity index (χ2n) is 12.8. The van der Waals surface area contributed by atoms with Crippen molar-refractivity contribution in [3.63, 3.8) is 0 Å². The first-order chi connectivity index (χ1) is 19.8. The number of hydrogen-bond donors (Lipinski definition) is 0. The molecule has 0 atom stereocenters. The molecule has 0 unspecified atom stereocenters. The van der Waals surface area contributed by atoms with Crippen molar-refractivity contribution in [1.82, 2.24) is 34.4 Å². The number of piperazine rings is 2. The Morgan fingerprint density at radius 3 is 1.00 bits per heavy atom. The Morgan fingerprint density at radius 2 is 0.732 bits per heavy atom. The lowest BCUT2D eigenvalue weighted by Crippen LogP contribution is -2.44. The Balaban J connectivity index is 0.000000186. The van der Waals surface area contributed by atoms with E-state index in [4.69, 9.17) is 0 Å². The lowest BCUT2D eigenvalue weighted by Gasteiger charge is -2.33. The monoisotopic (exact) mass is 575 g/mol. The summed E-state index contributed by atoms with van der Waals surface area (Å²) in [6.07, 6.45) is 15.1. The van der Waals surface area contributed by atoms with Crippen LogP contribution in [0.4, 0.5) is 5.69 Å². The van der Waals surface area contributed by atoms with Crippen molar-refractivity contribution in [2.45, 2.75) is 51.4 Å². The van der Waals surface area contributed by atoms with Crippen molar-refractivity contribution in [2.75, 3.05) is 139 Å². The molecule has 5 fully saturated rings. The van der Waals surface area contributed by atoms with Gasteiger partial charge in [0.2, 0.25) is 0 Å². The van der Waals surface area contributed by atoms with Crippen molar-refractivity contribution < 1.29 is 0 Å². The van der Waals surface area contributed by atoms with Crippen molar-refractivity contribution in [1.29, 1.82) is 0 Å². The Labute approximate surface area is 254 Å². The zero-order chi connectivity index (χ0) is 29.7. The van der Waals surface area contributed by atoms with Crippen LogP contribution < -0.4 is 4.90 Å². The molecule has 5 saturated heterocycles. The van der Waals surface area contributed by atoms with Crippen LogP contribution in [0.15, 0.2) is 24.5 Å². The van der Waals surface area contributed by atoms with Crippen LogP contribution in [-0.4, -0.2) is 168 Å². The van der Waals surface area contributed by atoms with Crippen LogP contribution in [0.5, 0.6) is 0 Å². The van der Waals surface area contributed by atoms with E-state index in [2.05, 4.69) is 87.6 Å². The lowest BCUT2D eigenvalue weighted by atomic mass is 10.1. The Bertz CT molecular complexity index is 675. The van der Waals surface area contributed by atoms with Gasteiger partial charge in [0.25, 0.3) is 0 Å². The summed E-state index contributed by atoms with van der Waals surface area (Å²) < 4.78 is 0. The summed E-state index contributed by atoms with van der Waals surface area (Å²) >= 11 is 0. The SMILES string of the molecule is CN1CCCC1.CN1CCCCC1.CN1CCCCC1.CN1CCN(C)CC1.CN1CCN(c2cccnc2)CC1. The highest BCUT2D eigenvalue weighted by Gasteiger charge is 2.13. The number of pyridine rings is 1. The number of hydrogen-bond acceptors (Lipinski definition) is 8. The van der Waals surface area contributed by atoms with Gasteiger partial charge in [0.15, 0.2) is 0 Å². The molecule has 6 rings (SSSR count). The fraction of sp³-hybridized carbons (Fsp3) is 0.848. The molecule has 8 heteroatoms. The Hall–Kier alpha value is -1.29. The molecule has 0 N–H and O–H groups in total. The molecule has 0 bridgehead atoms. The highest BCUT2D eigenvalue weighted by Crippen LogP contribution is 2.13. The zero-order valence-electron chi connectivity index (χ0n) is 27.9. The van der Waals surface area contributed by atoms with E-state index in [1.165, 1.54) is 123 Å². The number of anilines is 1. The van der Waals surface area contributed by atoms with Crippen molar-refractivity contribution >= 4 is 5.69 Å². The summed E-state index contributed by atoms with van der Waals surface area (Å²) in [6.45, 7) is 17.4. The minimum Gasteiger partial charge on any atom is -0.368 e. The average Bonchev–Trinajstić information content (AvgIpc) is 3.48. The fourth-order valence-electron chi connectivity index (χ4n) is 5.49. The largest absolute Gasteiger partial charge is 0.368 e. The maximum Gasteiger partial charge on any atom is 0.0553 e. The molecule has 5 aliphatic rings. The van der Waals surface area contributed by atoms with E-state index in [9.17, 15) is 0 Å². The number of likely N-dealkylation sites (tertiary alicyclic amines) is 3. The van der Waals surface area contributed by atoms with Gasteiger partial charge in [0.05, 0.1) is 11.9 Å². The molecule has 0 saturated carbocycles. The van der Waals surface area contributed by atoms with E-state index >= 15 is 0 Å². The molecule has 0 spiro atoms. The van der Waals surface area contributed by atoms with Crippen LogP contribution in [0.3, 0.4) is 0 Å². The third kappa shape index (κ3) is 18.1. The van der Waals surface area contributed by atoms with Gasteiger partial charge < -0.3 is 34.3 Å². The quantitative estimate of drug-likeness (QED) is 0.504. The van der Waals surface area contributed by atoms with E-state index in [0.717, 1.165) is 26.2 Å². The summed E-state index contributed by atoms with van der Waals surface area (Å²) in [5.74, 6) is 0. The molecule has 0 aliphatic carbocycles.